The molecular formula is C13H15ClN6O. The monoisotopic (exact) mass is 306 g/mol. The molecule has 1 fully saturated rings. The number of nitrogens with two attached hydrogens (primary N) is 1. The van der Waals surface area contributed by atoms with Gasteiger partial charge in [0.15, 0.2) is 0 Å². The van der Waals surface area contributed by atoms with E-state index in [1.165, 1.54) is 11.0 Å². The number of likely N-dealkylation sites (tertiary alicyclic amines) is 1. The number of carbonyl (C=O) groups is 1. The van der Waals surface area contributed by atoms with Gasteiger partial charge in [0, 0.05) is 13.1 Å². The number of carbonyl (C=O) groups excluding carboxylic acids is 1. The average molecular weight is 307 g/mol. The van der Waals surface area contributed by atoms with Crippen LogP contribution in [0.1, 0.15) is 16.8 Å². The van der Waals surface area contributed by atoms with Crippen LogP contribution in [0.5, 0.6) is 0 Å². The highest BCUT2D eigenvalue weighted by atomic mass is 35.5. The minimum atomic E-state index is -0.0563. The molecule has 1 atom stereocenters. The van der Waals surface area contributed by atoms with Crippen LogP contribution in [0.25, 0.3) is 5.69 Å². The van der Waals surface area contributed by atoms with E-state index >= 15 is 0 Å². The van der Waals surface area contributed by atoms with Crippen LogP contribution in [-0.4, -0.2) is 50.6 Å². The topological polar surface area (TPSA) is 89.9 Å². The predicted octanol–water partition coefficient (Wildman–Crippen LogP) is 0.736. The number of benzene rings is 1. The van der Waals surface area contributed by atoms with E-state index in [9.17, 15) is 4.79 Å². The molecule has 0 radical (unpaired) electrons. The molecule has 3 rings (SSSR count). The zero-order valence-corrected chi connectivity index (χ0v) is 12.1. The van der Waals surface area contributed by atoms with E-state index in [4.69, 9.17) is 17.3 Å². The lowest BCUT2D eigenvalue weighted by Gasteiger charge is -2.17. The Morgan fingerprint density at radius 2 is 2.33 bits per heavy atom. The molecule has 0 aliphatic carbocycles. The van der Waals surface area contributed by atoms with Gasteiger partial charge in [-0.15, -0.1) is 5.10 Å². The molecule has 1 aromatic carbocycles. The first-order valence-corrected chi connectivity index (χ1v) is 7.09. The van der Waals surface area contributed by atoms with Crippen LogP contribution in [0.4, 0.5) is 0 Å². The van der Waals surface area contributed by atoms with Crippen LogP contribution < -0.4 is 5.73 Å². The Kier molecular flexibility index (Phi) is 3.85. The van der Waals surface area contributed by atoms with E-state index in [0.717, 1.165) is 13.0 Å². The van der Waals surface area contributed by atoms with Crippen molar-refractivity contribution in [2.45, 2.75) is 6.42 Å². The van der Waals surface area contributed by atoms with Gasteiger partial charge in [0.25, 0.3) is 5.91 Å². The van der Waals surface area contributed by atoms with Gasteiger partial charge in [-0.05, 0) is 47.5 Å². The summed E-state index contributed by atoms with van der Waals surface area (Å²) >= 11 is 6.24. The number of hydrogen-bond donors (Lipinski definition) is 1. The maximum absolute atomic E-state index is 12.5. The van der Waals surface area contributed by atoms with Crippen LogP contribution in [0.2, 0.25) is 5.02 Å². The largest absolute Gasteiger partial charge is 0.338 e. The van der Waals surface area contributed by atoms with E-state index in [0.29, 0.717) is 35.3 Å². The van der Waals surface area contributed by atoms with Gasteiger partial charge in [0.2, 0.25) is 0 Å². The summed E-state index contributed by atoms with van der Waals surface area (Å²) in [6.07, 6.45) is 2.42. The van der Waals surface area contributed by atoms with Gasteiger partial charge in [0.1, 0.15) is 6.33 Å². The Morgan fingerprint density at radius 3 is 2.95 bits per heavy atom. The first-order chi connectivity index (χ1) is 10.2. The SMILES string of the molecule is NC[C@@H]1CCN(C(=O)c2ccc(-n3cnnn3)cc2Cl)C1. The molecule has 0 spiro atoms. The second-order valence-electron chi connectivity index (χ2n) is 5.06. The second kappa shape index (κ2) is 5.79. The fraction of sp³-hybridized carbons (Fsp3) is 0.385. The maximum Gasteiger partial charge on any atom is 0.255 e. The summed E-state index contributed by atoms with van der Waals surface area (Å²) in [5, 5.41) is 11.3. The smallest absolute Gasteiger partial charge is 0.255 e. The number of halogens is 1. The van der Waals surface area contributed by atoms with Crippen molar-refractivity contribution in [1.29, 1.82) is 0 Å². The lowest BCUT2D eigenvalue weighted by atomic mass is 10.1. The zero-order chi connectivity index (χ0) is 14.8. The molecule has 8 heteroatoms. The molecular weight excluding hydrogens is 292 g/mol. The molecule has 1 aliphatic rings. The summed E-state index contributed by atoms with van der Waals surface area (Å²) in [5.41, 5.74) is 6.86. The van der Waals surface area contributed by atoms with Gasteiger partial charge in [-0.3, -0.25) is 4.79 Å². The lowest BCUT2D eigenvalue weighted by Crippen LogP contribution is -2.30. The molecule has 21 heavy (non-hydrogen) atoms. The Hall–Kier alpha value is -1.99. The van der Waals surface area contributed by atoms with Gasteiger partial charge in [-0.1, -0.05) is 11.6 Å². The number of rotatable bonds is 3. The van der Waals surface area contributed by atoms with E-state index < -0.39 is 0 Å². The number of hydrogen-bond acceptors (Lipinski definition) is 5. The average Bonchev–Trinajstić information content (AvgIpc) is 3.17. The van der Waals surface area contributed by atoms with Crippen molar-refractivity contribution in [1.82, 2.24) is 25.1 Å². The molecule has 2 N–H and O–H groups in total. The quantitative estimate of drug-likeness (QED) is 0.903. The molecule has 1 amide bonds. The first-order valence-electron chi connectivity index (χ1n) is 6.71. The standard InChI is InChI=1S/C13H15ClN6O/c14-12-5-10(20-8-16-17-18-20)1-2-11(12)13(21)19-4-3-9(6-15)7-19/h1-2,5,8-9H,3-4,6-7,15H2/t9-/m0/s1. The summed E-state index contributed by atoms with van der Waals surface area (Å²) < 4.78 is 1.49. The van der Waals surface area contributed by atoms with Crippen molar-refractivity contribution < 1.29 is 4.79 Å². The van der Waals surface area contributed by atoms with Gasteiger partial charge in [-0.25, -0.2) is 4.68 Å². The second-order valence-corrected chi connectivity index (χ2v) is 5.47. The van der Waals surface area contributed by atoms with Crippen molar-refractivity contribution in [3.63, 3.8) is 0 Å². The van der Waals surface area contributed by atoms with Crippen molar-refractivity contribution in [3.05, 3.63) is 35.1 Å². The molecule has 1 aromatic heterocycles. The van der Waals surface area contributed by atoms with Crippen LogP contribution in [0.3, 0.4) is 0 Å². The highest BCUT2D eigenvalue weighted by Gasteiger charge is 2.27. The number of aromatic nitrogens is 4. The molecule has 2 heterocycles. The van der Waals surface area contributed by atoms with Crippen molar-refractivity contribution in [2.24, 2.45) is 11.7 Å². The normalized spacial score (nSPS) is 18.2. The highest BCUT2D eigenvalue weighted by molar-refractivity contribution is 6.34. The van der Waals surface area contributed by atoms with Gasteiger partial charge in [0.05, 0.1) is 16.3 Å². The van der Waals surface area contributed by atoms with Crippen molar-refractivity contribution >= 4 is 17.5 Å². The molecule has 110 valence electrons. The fourth-order valence-electron chi connectivity index (χ4n) is 2.48. The highest BCUT2D eigenvalue weighted by Crippen LogP contribution is 2.24. The molecule has 7 nitrogen and oxygen atoms in total. The van der Waals surface area contributed by atoms with Crippen LogP contribution in [-0.2, 0) is 0 Å². The van der Waals surface area contributed by atoms with Crippen molar-refractivity contribution in [3.8, 4) is 5.69 Å². The van der Waals surface area contributed by atoms with E-state index in [1.54, 1.807) is 23.1 Å². The molecule has 0 unspecified atom stereocenters. The lowest BCUT2D eigenvalue weighted by molar-refractivity contribution is 0.0788. The maximum atomic E-state index is 12.5. The third-order valence-electron chi connectivity index (χ3n) is 3.70. The number of amides is 1. The van der Waals surface area contributed by atoms with E-state index in [-0.39, 0.29) is 5.91 Å². The Bertz CT molecular complexity index is 644. The van der Waals surface area contributed by atoms with Crippen LogP contribution in [0.15, 0.2) is 24.5 Å². The number of tetrazole rings is 1. The third-order valence-corrected chi connectivity index (χ3v) is 4.02. The zero-order valence-electron chi connectivity index (χ0n) is 11.3. The van der Waals surface area contributed by atoms with E-state index in [1.807, 2.05) is 0 Å². The molecule has 2 aromatic rings. The van der Waals surface area contributed by atoms with Gasteiger partial charge < -0.3 is 10.6 Å². The van der Waals surface area contributed by atoms with E-state index in [2.05, 4.69) is 15.5 Å². The van der Waals surface area contributed by atoms with Gasteiger partial charge in [-0.2, -0.15) is 0 Å². The van der Waals surface area contributed by atoms with Crippen LogP contribution in [0, 0.1) is 5.92 Å². The Morgan fingerprint density at radius 1 is 1.48 bits per heavy atom. The predicted molar refractivity (Wildman–Crippen MR) is 77.2 cm³/mol. The molecule has 1 aliphatic heterocycles. The fourth-order valence-corrected chi connectivity index (χ4v) is 2.74. The summed E-state index contributed by atoms with van der Waals surface area (Å²) in [5.74, 6) is 0.326. The first kappa shape index (κ1) is 14.0. The third kappa shape index (κ3) is 2.74. The van der Waals surface area contributed by atoms with Gasteiger partial charge >= 0.3 is 0 Å². The van der Waals surface area contributed by atoms with Crippen LogP contribution >= 0.6 is 11.6 Å². The molecule has 0 bridgehead atoms. The summed E-state index contributed by atoms with van der Waals surface area (Å²) in [6.45, 7) is 2.03. The Labute approximate surface area is 126 Å². The summed E-state index contributed by atoms with van der Waals surface area (Å²) in [7, 11) is 0. The molecule has 0 saturated carbocycles. The summed E-state index contributed by atoms with van der Waals surface area (Å²) in [4.78, 5) is 14.3. The number of nitrogens with zero attached hydrogens (tertiary/aromatic N) is 5. The van der Waals surface area contributed by atoms with Crippen molar-refractivity contribution in [2.75, 3.05) is 19.6 Å². The molecule has 1 saturated heterocycles. The minimum Gasteiger partial charge on any atom is -0.338 e. The summed E-state index contributed by atoms with van der Waals surface area (Å²) in [6, 6.07) is 5.16. The Balaban J connectivity index is 1.81. The minimum absolute atomic E-state index is 0.0563.